The average molecular weight is 445 g/mol. The van der Waals surface area contributed by atoms with Gasteiger partial charge in [-0.05, 0) is 48.2 Å². The number of fused-ring (bicyclic) bond motifs is 1. The third kappa shape index (κ3) is 4.58. The third-order valence-electron chi connectivity index (χ3n) is 5.40. The van der Waals surface area contributed by atoms with Crippen molar-refractivity contribution < 1.29 is 23.1 Å². The Morgan fingerprint density at radius 2 is 1.77 bits per heavy atom. The van der Waals surface area contributed by atoms with Gasteiger partial charge in [0.2, 0.25) is 5.91 Å². The fraction of sp³-hybridized carbons (Fsp3) is 0.391. The zero-order valence-electron chi connectivity index (χ0n) is 18.2. The monoisotopic (exact) mass is 444 g/mol. The number of amides is 2. The summed E-state index contributed by atoms with van der Waals surface area (Å²) in [4.78, 5) is 28.0. The minimum Gasteiger partial charge on any atom is -0.465 e. The van der Waals surface area contributed by atoms with Gasteiger partial charge in [-0.3, -0.25) is 9.69 Å². The molecule has 2 aromatic carbocycles. The van der Waals surface area contributed by atoms with Crippen molar-refractivity contribution in [2.24, 2.45) is 5.92 Å². The largest absolute Gasteiger partial charge is 0.465 e. The number of carbonyl (C=O) groups is 2. The second-order valence-corrected chi connectivity index (χ2v) is 10.5. The van der Waals surface area contributed by atoms with Gasteiger partial charge < -0.3 is 10.0 Å². The van der Waals surface area contributed by atoms with Crippen LogP contribution >= 0.6 is 0 Å². The van der Waals surface area contributed by atoms with Crippen molar-refractivity contribution in [1.82, 2.24) is 0 Å². The van der Waals surface area contributed by atoms with E-state index >= 15 is 0 Å². The Labute approximate surface area is 183 Å². The van der Waals surface area contributed by atoms with Gasteiger partial charge in [0.05, 0.1) is 28.1 Å². The van der Waals surface area contributed by atoms with Gasteiger partial charge >= 0.3 is 6.09 Å². The number of benzene rings is 2. The van der Waals surface area contributed by atoms with Crippen molar-refractivity contribution in [3.8, 4) is 11.1 Å². The van der Waals surface area contributed by atoms with E-state index in [1.165, 1.54) is 4.90 Å². The third-order valence-corrected chi connectivity index (χ3v) is 7.13. The standard InChI is InChI=1S/C23H28N2O5S/c1-5-31(29,30)19-8-6-7-17(12-19)18-9-10-20-21(13-18)24(23(27)28)14-16(4)25(20)22(26)11-15(2)3/h6-10,12-13,15-16H,5,11,14H2,1-4H3,(H,27,28)/t16-/m0/s1. The molecular formula is C23H28N2O5S. The van der Waals surface area contributed by atoms with Crippen molar-refractivity contribution in [3.05, 3.63) is 42.5 Å². The van der Waals surface area contributed by atoms with Crippen LogP contribution in [0.4, 0.5) is 16.2 Å². The Bertz CT molecular complexity index is 1110. The molecule has 31 heavy (non-hydrogen) atoms. The van der Waals surface area contributed by atoms with Gasteiger partial charge in [0.15, 0.2) is 9.84 Å². The summed E-state index contributed by atoms with van der Waals surface area (Å²) in [5, 5.41) is 9.76. The Kier molecular flexibility index (Phi) is 6.40. The Morgan fingerprint density at radius 1 is 1.10 bits per heavy atom. The van der Waals surface area contributed by atoms with Crippen LogP contribution in [0.15, 0.2) is 47.4 Å². The fourth-order valence-electron chi connectivity index (χ4n) is 3.85. The molecule has 2 amide bonds. The highest BCUT2D eigenvalue weighted by atomic mass is 32.2. The van der Waals surface area contributed by atoms with E-state index in [1.807, 2.05) is 20.8 Å². The molecule has 0 aromatic heterocycles. The highest BCUT2D eigenvalue weighted by Gasteiger charge is 2.35. The first kappa shape index (κ1) is 22.8. The van der Waals surface area contributed by atoms with Crippen LogP contribution in [0.25, 0.3) is 11.1 Å². The Morgan fingerprint density at radius 3 is 2.39 bits per heavy atom. The summed E-state index contributed by atoms with van der Waals surface area (Å²) in [6.45, 7) is 7.54. The van der Waals surface area contributed by atoms with Gasteiger partial charge in [-0.15, -0.1) is 0 Å². The van der Waals surface area contributed by atoms with E-state index < -0.39 is 15.9 Å². The van der Waals surface area contributed by atoms with Crippen LogP contribution in [0.5, 0.6) is 0 Å². The molecule has 1 aliphatic heterocycles. The molecule has 1 aliphatic rings. The van der Waals surface area contributed by atoms with E-state index in [-0.39, 0.29) is 35.1 Å². The van der Waals surface area contributed by atoms with Crippen molar-refractivity contribution in [2.75, 3.05) is 22.1 Å². The smallest absolute Gasteiger partial charge is 0.411 e. The number of carbonyl (C=O) groups excluding carboxylic acids is 1. The zero-order chi connectivity index (χ0) is 22.9. The molecular weight excluding hydrogens is 416 g/mol. The lowest BCUT2D eigenvalue weighted by Crippen LogP contribution is -2.51. The molecule has 0 saturated heterocycles. The molecule has 0 saturated carbocycles. The lowest BCUT2D eigenvalue weighted by atomic mass is 10.00. The second kappa shape index (κ2) is 8.70. The van der Waals surface area contributed by atoms with Crippen LogP contribution in [0.1, 0.15) is 34.1 Å². The minimum atomic E-state index is -3.37. The molecule has 7 nitrogen and oxygen atoms in total. The highest BCUT2D eigenvalue weighted by molar-refractivity contribution is 7.91. The predicted octanol–water partition coefficient (Wildman–Crippen LogP) is 4.41. The zero-order valence-corrected chi connectivity index (χ0v) is 19.0. The number of hydrogen-bond donors (Lipinski definition) is 1. The van der Waals surface area contributed by atoms with Crippen LogP contribution in [-0.2, 0) is 14.6 Å². The fourth-order valence-corrected chi connectivity index (χ4v) is 4.77. The Balaban J connectivity index is 2.11. The average Bonchev–Trinajstić information content (AvgIpc) is 2.72. The first-order valence-corrected chi connectivity index (χ1v) is 12.0. The maximum Gasteiger partial charge on any atom is 0.411 e. The second-order valence-electron chi connectivity index (χ2n) is 8.24. The molecule has 2 aromatic rings. The number of hydrogen-bond acceptors (Lipinski definition) is 4. The van der Waals surface area contributed by atoms with E-state index in [2.05, 4.69) is 0 Å². The normalized spacial score (nSPS) is 16.4. The van der Waals surface area contributed by atoms with E-state index in [4.69, 9.17) is 0 Å². The number of sulfone groups is 1. The first-order valence-electron chi connectivity index (χ1n) is 10.3. The van der Waals surface area contributed by atoms with Gasteiger partial charge in [-0.2, -0.15) is 0 Å². The lowest BCUT2D eigenvalue weighted by molar-refractivity contribution is -0.119. The number of nitrogens with zero attached hydrogens (tertiary/aromatic N) is 2. The number of rotatable bonds is 5. The summed E-state index contributed by atoms with van der Waals surface area (Å²) in [6.07, 6.45) is -0.723. The molecule has 0 spiro atoms. The maximum atomic E-state index is 12.9. The van der Waals surface area contributed by atoms with E-state index in [1.54, 1.807) is 54.3 Å². The van der Waals surface area contributed by atoms with Gasteiger partial charge in [-0.25, -0.2) is 13.2 Å². The van der Waals surface area contributed by atoms with Crippen LogP contribution in [-0.4, -0.2) is 43.9 Å². The van der Waals surface area contributed by atoms with Crippen molar-refractivity contribution in [2.45, 2.75) is 45.1 Å². The van der Waals surface area contributed by atoms with E-state index in [9.17, 15) is 23.1 Å². The maximum absolute atomic E-state index is 12.9. The summed E-state index contributed by atoms with van der Waals surface area (Å²) >= 11 is 0. The molecule has 8 heteroatoms. The molecule has 0 bridgehead atoms. The van der Waals surface area contributed by atoms with Gasteiger partial charge in [0.25, 0.3) is 0 Å². The SMILES string of the molecule is CCS(=O)(=O)c1cccc(-c2ccc3c(c2)N(C(=O)O)C[C@H](C)N3C(=O)CC(C)C)c1. The van der Waals surface area contributed by atoms with Gasteiger partial charge in [0.1, 0.15) is 0 Å². The van der Waals surface area contributed by atoms with Gasteiger partial charge in [0, 0.05) is 13.0 Å². The molecule has 1 heterocycles. The summed E-state index contributed by atoms with van der Waals surface area (Å²) in [7, 11) is -3.37. The molecule has 0 radical (unpaired) electrons. The molecule has 0 fully saturated rings. The van der Waals surface area contributed by atoms with Crippen LogP contribution in [0.2, 0.25) is 0 Å². The summed E-state index contributed by atoms with van der Waals surface area (Å²) < 4.78 is 24.5. The van der Waals surface area contributed by atoms with Crippen molar-refractivity contribution in [1.29, 1.82) is 0 Å². The van der Waals surface area contributed by atoms with Crippen LogP contribution in [0.3, 0.4) is 0 Å². The van der Waals surface area contributed by atoms with E-state index in [0.717, 1.165) is 0 Å². The summed E-state index contributed by atoms with van der Waals surface area (Å²) in [5.74, 6) is 0.138. The Hall–Kier alpha value is -2.87. The lowest BCUT2D eigenvalue weighted by Gasteiger charge is -2.40. The van der Waals surface area contributed by atoms with Crippen molar-refractivity contribution >= 4 is 33.2 Å². The highest BCUT2D eigenvalue weighted by Crippen LogP contribution is 2.39. The topological polar surface area (TPSA) is 95.0 Å². The minimum absolute atomic E-state index is 0.00174. The number of anilines is 2. The summed E-state index contributed by atoms with van der Waals surface area (Å²) in [6, 6.07) is 11.6. The molecule has 1 atom stereocenters. The molecule has 166 valence electrons. The van der Waals surface area contributed by atoms with Crippen molar-refractivity contribution in [3.63, 3.8) is 0 Å². The quantitative estimate of drug-likeness (QED) is 0.737. The molecule has 3 rings (SSSR count). The number of carboxylic acid groups (broad SMARTS) is 1. The molecule has 0 aliphatic carbocycles. The first-order chi connectivity index (χ1) is 14.5. The molecule has 0 unspecified atom stereocenters. The van der Waals surface area contributed by atoms with E-state index in [0.29, 0.717) is 28.9 Å². The summed E-state index contributed by atoms with van der Waals surface area (Å²) in [5.41, 5.74) is 2.32. The molecule has 1 N–H and O–H groups in total. The van der Waals surface area contributed by atoms with Gasteiger partial charge in [-0.1, -0.05) is 39.0 Å². The van der Waals surface area contributed by atoms with Crippen LogP contribution < -0.4 is 9.80 Å². The predicted molar refractivity (Wildman–Crippen MR) is 121 cm³/mol. The van der Waals surface area contributed by atoms with Crippen LogP contribution in [0, 0.1) is 5.92 Å².